The summed E-state index contributed by atoms with van der Waals surface area (Å²) in [4.78, 5) is 39.8. The normalized spacial score (nSPS) is 12.7. The summed E-state index contributed by atoms with van der Waals surface area (Å²) < 4.78 is 6.66. The first-order chi connectivity index (χ1) is 11.5. The molecule has 1 atom stereocenters. The summed E-state index contributed by atoms with van der Waals surface area (Å²) in [6.45, 7) is 8.30. The van der Waals surface area contributed by atoms with E-state index in [9.17, 15) is 14.4 Å². The van der Waals surface area contributed by atoms with Crippen molar-refractivity contribution in [1.82, 2.24) is 14.9 Å². The lowest BCUT2D eigenvalue weighted by molar-refractivity contribution is -0.138. The van der Waals surface area contributed by atoms with Crippen LogP contribution in [0.4, 0.5) is 4.79 Å². The zero-order valence-corrected chi connectivity index (χ0v) is 14.8. The molecule has 0 saturated carbocycles. The smallest absolute Gasteiger partial charge is 0.420 e. The van der Waals surface area contributed by atoms with E-state index >= 15 is 0 Å². The summed E-state index contributed by atoms with van der Waals surface area (Å²) in [5, 5.41) is 11.3. The fraction of sp³-hybridized carbons (Fsp3) is 0.412. The van der Waals surface area contributed by atoms with Crippen LogP contribution < -0.4 is 5.32 Å². The van der Waals surface area contributed by atoms with Gasteiger partial charge in [0.2, 0.25) is 0 Å². The van der Waals surface area contributed by atoms with Crippen LogP contribution in [0, 0.1) is 6.92 Å². The molecule has 0 fully saturated rings. The van der Waals surface area contributed by atoms with Gasteiger partial charge in [-0.2, -0.15) is 0 Å². The van der Waals surface area contributed by atoms with Crippen LogP contribution in [0.5, 0.6) is 0 Å². The predicted octanol–water partition coefficient (Wildman–Crippen LogP) is 2.33. The molecular weight excluding hydrogens is 326 g/mol. The number of aliphatic carboxylic acids is 1. The number of nitrogens with one attached hydrogen (secondary N) is 1. The van der Waals surface area contributed by atoms with Crippen LogP contribution in [0.1, 0.15) is 43.9 Å². The molecule has 1 amide bonds. The Hall–Kier alpha value is -2.90. The molecule has 1 aromatic heterocycles. The van der Waals surface area contributed by atoms with E-state index in [1.807, 2.05) is 0 Å². The van der Waals surface area contributed by atoms with Gasteiger partial charge in [0.05, 0.1) is 11.0 Å². The Morgan fingerprint density at radius 1 is 1.28 bits per heavy atom. The summed E-state index contributed by atoms with van der Waals surface area (Å²) >= 11 is 0. The first-order valence-corrected chi connectivity index (χ1v) is 7.75. The number of benzene rings is 1. The zero-order chi connectivity index (χ0) is 18.9. The van der Waals surface area contributed by atoms with E-state index in [2.05, 4.69) is 10.3 Å². The summed E-state index contributed by atoms with van der Waals surface area (Å²) in [5.41, 5.74) is 0.505. The van der Waals surface area contributed by atoms with Crippen LogP contribution in [0.15, 0.2) is 18.2 Å². The number of rotatable bonds is 3. The van der Waals surface area contributed by atoms with Gasteiger partial charge >= 0.3 is 12.1 Å². The summed E-state index contributed by atoms with van der Waals surface area (Å²) in [6, 6.07) is 3.59. The van der Waals surface area contributed by atoms with Crippen molar-refractivity contribution in [3.8, 4) is 0 Å². The monoisotopic (exact) mass is 347 g/mol. The molecular formula is C17H21N3O5. The van der Waals surface area contributed by atoms with Gasteiger partial charge in [0.25, 0.3) is 5.91 Å². The first kappa shape index (κ1) is 18.4. The minimum Gasteiger partial charge on any atom is -0.480 e. The van der Waals surface area contributed by atoms with Gasteiger partial charge in [-0.15, -0.1) is 0 Å². The molecule has 0 bridgehead atoms. The number of carbonyl (C=O) groups is 3. The lowest BCUT2D eigenvalue weighted by Crippen LogP contribution is -2.38. The largest absolute Gasteiger partial charge is 0.480 e. The second kappa shape index (κ2) is 6.54. The molecule has 8 nitrogen and oxygen atoms in total. The van der Waals surface area contributed by atoms with E-state index in [0.717, 1.165) is 0 Å². The number of hydrogen-bond acceptors (Lipinski definition) is 5. The Morgan fingerprint density at radius 2 is 1.92 bits per heavy atom. The van der Waals surface area contributed by atoms with Gasteiger partial charge in [0, 0.05) is 5.56 Å². The van der Waals surface area contributed by atoms with Gasteiger partial charge in [0.15, 0.2) is 0 Å². The van der Waals surface area contributed by atoms with Crippen LogP contribution in [0.3, 0.4) is 0 Å². The Bertz CT molecular complexity index is 848. The van der Waals surface area contributed by atoms with Crippen LogP contribution >= 0.6 is 0 Å². The van der Waals surface area contributed by atoms with Crippen LogP contribution in [0.25, 0.3) is 11.0 Å². The van der Waals surface area contributed by atoms with Crippen LogP contribution in [0.2, 0.25) is 0 Å². The van der Waals surface area contributed by atoms with E-state index in [1.165, 1.54) is 23.6 Å². The fourth-order valence-electron chi connectivity index (χ4n) is 2.22. The Balaban J connectivity index is 2.42. The number of aromatic nitrogens is 2. The maximum Gasteiger partial charge on any atom is 0.420 e. The lowest BCUT2D eigenvalue weighted by atomic mass is 10.1. The average Bonchev–Trinajstić information content (AvgIpc) is 2.79. The van der Waals surface area contributed by atoms with Gasteiger partial charge < -0.3 is 15.2 Å². The van der Waals surface area contributed by atoms with E-state index in [4.69, 9.17) is 9.84 Å². The minimum atomic E-state index is -1.14. The molecule has 1 heterocycles. The molecule has 2 aromatic rings. The molecule has 8 heteroatoms. The molecule has 0 aliphatic rings. The number of carboxylic acids is 1. The van der Waals surface area contributed by atoms with E-state index < -0.39 is 29.6 Å². The van der Waals surface area contributed by atoms with E-state index in [-0.39, 0.29) is 5.56 Å². The quantitative estimate of drug-likeness (QED) is 0.881. The molecule has 0 spiro atoms. The molecule has 25 heavy (non-hydrogen) atoms. The molecule has 0 radical (unpaired) electrons. The lowest BCUT2D eigenvalue weighted by Gasteiger charge is -2.20. The number of ether oxygens (including phenoxy) is 1. The van der Waals surface area contributed by atoms with Crippen LogP contribution in [-0.4, -0.2) is 44.3 Å². The van der Waals surface area contributed by atoms with E-state index in [1.54, 1.807) is 33.8 Å². The first-order valence-electron chi connectivity index (χ1n) is 7.75. The molecule has 1 unspecified atom stereocenters. The van der Waals surface area contributed by atoms with Crippen molar-refractivity contribution in [2.24, 2.45) is 0 Å². The highest BCUT2D eigenvalue weighted by Gasteiger charge is 2.23. The van der Waals surface area contributed by atoms with Crippen molar-refractivity contribution in [3.63, 3.8) is 0 Å². The molecule has 0 aliphatic carbocycles. The minimum absolute atomic E-state index is 0.227. The number of nitrogens with zero attached hydrogens (tertiary/aromatic N) is 2. The third-order valence-corrected chi connectivity index (χ3v) is 3.38. The third kappa shape index (κ3) is 4.14. The highest BCUT2D eigenvalue weighted by molar-refractivity contribution is 6.00. The van der Waals surface area contributed by atoms with Gasteiger partial charge in [-0.1, -0.05) is 0 Å². The summed E-state index contributed by atoms with van der Waals surface area (Å²) in [5.74, 6) is -1.25. The highest BCUT2D eigenvalue weighted by Crippen LogP contribution is 2.20. The van der Waals surface area contributed by atoms with Crippen LogP contribution in [-0.2, 0) is 9.53 Å². The number of carbonyl (C=O) groups excluding carboxylic acids is 2. The number of fused-ring (bicyclic) bond motifs is 1. The number of hydrogen-bond donors (Lipinski definition) is 2. The van der Waals surface area contributed by atoms with Crippen molar-refractivity contribution < 1.29 is 24.2 Å². The molecule has 0 aliphatic heterocycles. The van der Waals surface area contributed by atoms with Crippen molar-refractivity contribution in [2.45, 2.75) is 46.3 Å². The molecule has 1 aromatic carbocycles. The Labute approximate surface area is 144 Å². The molecule has 134 valence electrons. The third-order valence-electron chi connectivity index (χ3n) is 3.38. The topological polar surface area (TPSA) is 111 Å². The second-order valence-corrected chi connectivity index (χ2v) is 6.71. The maximum absolute atomic E-state index is 12.4. The molecule has 2 N–H and O–H groups in total. The van der Waals surface area contributed by atoms with Gasteiger partial charge in [-0.25, -0.2) is 14.3 Å². The average molecular weight is 347 g/mol. The van der Waals surface area contributed by atoms with Crippen molar-refractivity contribution in [1.29, 1.82) is 0 Å². The Kier molecular flexibility index (Phi) is 4.82. The van der Waals surface area contributed by atoms with Crippen molar-refractivity contribution >= 4 is 29.0 Å². The summed E-state index contributed by atoms with van der Waals surface area (Å²) in [7, 11) is 0. The van der Waals surface area contributed by atoms with Gasteiger partial charge in [-0.05, 0) is 52.8 Å². The number of amides is 1. The fourth-order valence-corrected chi connectivity index (χ4v) is 2.22. The number of carboxylic acid groups (broad SMARTS) is 1. The van der Waals surface area contributed by atoms with E-state index in [0.29, 0.717) is 16.9 Å². The zero-order valence-electron chi connectivity index (χ0n) is 14.8. The number of imidazole rings is 1. The van der Waals surface area contributed by atoms with Crippen molar-refractivity contribution in [2.75, 3.05) is 0 Å². The standard InChI is InChI=1S/C17H21N3O5/c1-9(15(22)23)18-14(21)11-6-7-12-13(8-11)20(10(2)19-12)16(24)25-17(3,4)5/h6-9H,1-5H3,(H,18,21)(H,22,23). The van der Waals surface area contributed by atoms with Gasteiger partial charge in [0.1, 0.15) is 17.5 Å². The molecule has 2 rings (SSSR count). The van der Waals surface area contributed by atoms with Crippen molar-refractivity contribution in [3.05, 3.63) is 29.6 Å². The molecule has 0 saturated heterocycles. The Morgan fingerprint density at radius 3 is 2.48 bits per heavy atom. The highest BCUT2D eigenvalue weighted by atomic mass is 16.6. The number of aryl methyl sites for hydroxylation is 1. The second-order valence-electron chi connectivity index (χ2n) is 6.71. The SMILES string of the molecule is Cc1nc2ccc(C(=O)NC(C)C(=O)O)cc2n1C(=O)OC(C)(C)C. The maximum atomic E-state index is 12.4. The summed E-state index contributed by atoms with van der Waals surface area (Å²) in [6.07, 6.45) is -0.594. The predicted molar refractivity (Wildman–Crippen MR) is 90.7 cm³/mol. The van der Waals surface area contributed by atoms with Gasteiger partial charge in [-0.3, -0.25) is 9.59 Å².